The van der Waals surface area contributed by atoms with Crippen molar-refractivity contribution in [1.82, 2.24) is 19.6 Å². The molecule has 0 saturated carbocycles. The molecule has 0 radical (unpaired) electrons. The second-order valence-corrected chi connectivity index (χ2v) is 7.34. The molecule has 3 rings (SSSR count). The molecule has 2 aromatic rings. The van der Waals surface area contributed by atoms with Crippen LogP contribution in [0.15, 0.2) is 30.3 Å². The smallest absolute Gasteiger partial charge is 0.362 e. The van der Waals surface area contributed by atoms with Crippen molar-refractivity contribution in [3.05, 3.63) is 47.3 Å². The van der Waals surface area contributed by atoms with Crippen LogP contribution in [0.1, 0.15) is 33.5 Å². The highest BCUT2D eigenvalue weighted by atomic mass is 16.5. The highest BCUT2D eigenvalue weighted by Crippen LogP contribution is 2.35. The van der Waals surface area contributed by atoms with E-state index in [9.17, 15) is 14.4 Å². The molecule has 1 aliphatic heterocycles. The van der Waals surface area contributed by atoms with Gasteiger partial charge in [-0.05, 0) is 12.5 Å². The molecular weight excluding hydrogens is 376 g/mol. The summed E-state index contributed by atoms with van der Waals surface area (Å²) < 4.78 is 12.0. The number of nitrogens with zero attached hydrogens (tertiary/aromatic N) is 4. The molecule has 1 unspecified atom stereocenters. The van der Waals surface area contributed by atoms with Crippen LogP contribution in [0.5, 0.6) is 5.75 Å². The number of esters is 1. The molecule has 0 saturated heterocycles. The Labute approximate surface area is 168 Å². The van der Waals surface area contributed by atoms with Gasteiger partial charge in [-0.15, -0.1) is 0 Å². The molecule has 154 valence electrons. The van der Waals surface area contributed by atoms with Crippen molar-refractivity contribution in [3.63, 3.8) is 0 Å². The first-order chi connectivity index (χ1) is 13.7. The van der Waals surface area contributed by atoms with Gasteiger partial charge in [-0.1, -0.05) is 30.3 Å². The Morgan fingerprint density at radius 1 is 1.24 bits per heavy atom. The van der Waals surface area contributed by atoms with E-state index in [0.717, 1.165) is 5.56 Å². The molecule has 1 atom stereocenters. The Morgan fingerprint density at radius 3 is 2.48 bits per heavy atom. The summed E-state index contributed by atoms with van der Waals surface area (Å²) in [6, 6.07) is 9.32. The Bertz CT molecular complexity index is 953. The van der Waals surface area contributed by atoms with Crippen molar-refractivity contribution in [1.29, 1.82) is 0 Å². The van der Waals surface area contributed by atoms with E-state index in [1.54, 1.807) is 28.1 Å². The maximum Gasteiger partial charge on any atom is 0.362 e. The molecule has 1 aliphatic rings. The number of fused-ring (bicyclic) bond motifs is 1. The molecule has 2 amide bonds. The number of ether oxygens (including phenoxy) is 2. The largest absolute Gasteiger partial charge is 0.484 e. The van der Waals surface area contributed by atoms with E-state index in [4.69, 9.17) is 9.47 Å². The van der Waals surface area contributed by atoms with Gasteiger partial charge in [0.1, 0.15) is 6.61 Å². The normalized spacial score (nSPS) is 18.2. The van der Waals surface area contributed by atoms with Crippen LogP contribution in [0, 0.1) is 0 Å². The molecule has 0 N–H and O–H groups in total. The van der Waals surface area contributed by atoms with Gasteiger partial charge in [0, 0.05) is 21.1 Å². The quantitative estimate of drug-likeness (QED) is 0.699. The Balaban J connectivity index is 2.15. The summed E-state index contributed by atoms with van der Waals surface area (Å²) in [4.78, 5) is 41.1. The molecule has 1 aromatic heterocycles. The predicted molar refractivity (Wildman–Crippen MR) is 104 cm³/mol. The fourth-order valence-electron chi connectivity index (χ4n) is 3.47. The van der Waals surface area contributed by atoms with Crippen LogP contribution >= 0.6 is 0 Å². The molecule has 0 aliphatic carbocycles. The molecular formula is C20H24N4O5. The maximum atomic E-state index is 13.0. The van der Waals surface area contributed by atoms with Gasteiger partial charge < -0.3 is 19.3 Å². The van der Waals surface area contributed by atoms with Crippen LogP contribution in [0.4, 0.5) is 0 Å². The van der Waals surface area contributed by atoms with Crippen molar-refractivity contribution < 1.29 is 23.9 Å². The first kappa shape index (κ1) is 20.4. The third-order valence-electron chi connectivity index (χ3n) is 4.88. The molecule has 9 nitrogen and oxygen atoms in total. The second-order valence-electron chi connectivity index (χ2n) is 7.34. The summed E-state index contributed by atoms with van der Waals surface area (Å²) in [5.41, 5.74) is -0.432. The number of amides is 2. The van der Waals surface area contributed by atoms with Gasteiger partial charge in [0.15, 0.2) is 17.0 Å². The first-order valence-corrected chi connectivity index (χ1v) is 9.06. The Hall–Kier alpha value is -3.36. The summed E-state index contributed by atoms with van der Waals surface area (Å²) >= 11 is 0. The molecule has 0 fully saturated rings. The zero-order valence-corrected chi connectivity index (χ0v) is 17.1. The summed E-state index contributed by atoms with van der Waals surface area (Å²) in [6.07, 6.45) is 0. The van der Waals surface area contributed by atoms with E-state index in [1.807, 2.05) is 30.3 Å². The van der Waals surface area contributed by atoms with E-state index in [-0.39, 0.29) is 42.1 Å². The lowest BCUT2D eigenvalue weighted by molar-refractivity contribution is -0.139. The van der Waals surface area contributed by atoms with Crippen LogP contribution in [0.2, 0.25) is 0 Å². The topological polar surface area (TPSA) is 94.0 Å². The number of rotatable bonds is 5. The number of carbonyl (C=O) groups excluding carboxylic acids is 3. The van der Waals surface area contributed by atoms with Crippen molar-refractivity contribution >= 4 is 17.8 Å². The number of aromatic nitrogens is 2. The molecule has 0 spiro atoms. The second kappa shape index (κ2) is 7.57. The van der Waals surface area contributed by atoms with Crippen LogP contribution < -0.4 is 4.74 Å². The zero-order chi connectivity index (χ0) is 21.3. The number of likely N-dealkylation sites (N-methyl/N-ethyl adjacent to an activating group) is 2. The Morgan fingerprint density at radius 2 is 1.90 bits per heavy atom. The SMILES string of the molecule is COC(=O)c1nn2c(c1OCc1ccccc1)C(=O)N(C)CC2(C)C(=O)N(C)C. The third kappa shape index (κ3) is 3.43. The molecule has 2 heterocycles. The van der Waals surface area contributed by atoms with Crippen molar-refractivity contribution in [2.45, 2.75) is 19.1 Å². The monoisotopic (exact) mass is 400 g/mol. The molecule has 9 heteroatoms. The van der Waals surface area contributed by atoms with Crippen LogP contribution in [-0.4, -0.2) is 72.2 Å². The summed E-state index contributed by atoms with van der Waals surface area (Å²) in [7, 11) is 6.07. The minimum Gasteiger partial charge on any atom is -0.484 e. The third-order valence-corrected chi connectivity index (χ3v) is 4.88. The molecule has 1 aromatic carbocycles. The minimum atomic E-state index is -1.20. The fraction of sp³-hybridized carbons (Fsp3) is 0.400. The van der Waals surface area contributed by atoms with E-state index in [2.05, 4.69) is 5.10 Å². The van der Waals surface area contributed by atoms with E-state index < -0.39 is 11.5 Å². The van der Waals surface area contributed by atoms with Crippen LogP contribution in [-0.2, 0) is 21.7 Å². The van der Waals surface area contributed by atoms with Gasteiger partial charge in [0.2, 0.25) is 5.69 Å². The lowest BCUT2D eigenvalue weighted by Crippen LogP contribution is -2.58. The lowest BCUT2D eigenvalue weighted by atomic mass is 9.96. The van der Waals surface area contributed by atoms with E-state index in [1.165, 1.54) is 21.6 Å². The number of hydrogen-bond acceptors (Lipinski definition) is 6. The van der Waals surface area contributed by atoms with Crippen molar-refractivity contribution in [2.75, 3.05) is 34.8 Å². The van der Waals surface area contributed by atoms with Gasteiger partial charge in [-0.25, -0.2) is 9.48 Å². The van der Waals surface area contributed by atoms with E-state index in [0.29, 0.717) is 0 Å². The standard InChI is InChI=1S/C20H24N4O5/c1-20(19(27)22(2)3)12-23(4)17(25)15-16(14(18(26)28-5)21-24(15)20)29-11-13-9-7-6-8-10-13/h6-10H,11-12H2,1-5H3. The average Bonchev–Trinajstić information content (AvgIpc) is 3.10. The highest BCUT2D eigenvalue weighted by molar-refractivity contribution is 6.02. The summed E-state index contributed by atoms with van der Waals surface area (Å²) in [5, 5.41) is 4.30. The van der Waals surface area contributed by atoms with Gasteiger partial charge >= 0.3 is 5.97 Å². The summed E-state index contributed by atoms with van der Waals surface area (Å²) in [6.45, 7) is 1.91. The zero-order valence-electron chi connectivity index (χ0n) is 17.1. The van der Waals surface area contributed by atoms with Crippen LogP contribution in [0.3, 0.4) is 0 Å². The fourth-order valence-corrected chi connectivity index (χ4v) is 3.47. The lowest BCUT2D eigenvalue weighted by Gasteiger charge is -2.39. The van der Waals surface area contributed by atoms with Crippen molar-refractivity contribution in [2.24, 2.45) is 0 Å². The predicted octanol–water partition coefficient (Wildman–Crippen LogP) is 1.14. The molecule has 0 bridgehead atoms. The first-order valence-electron chi connectivity index (χ1n) is 9.06. The Kier molecular flexibility index (Phi) is 5.32. The number of carbonyl (C=O) groups is 3. The molecule has 29 heavy (non-hydrogen) atoms. The number of hydrogen-bond donors (Lipinski definition) is 0. The minimum absolute atomic E-state index is 0.00929. The van der Waals surface area contributed by atoms with Gasteiger partial charge in [0.25, 0.3) is 11.8 Å². The summed E-state index contributed by atoms with van der Waals surface area (Å²) in [5.74, 6) is -1.38. The highest BCUT2D eigenvalue weighted by Gasteiger charge is 2.49. The van der Waals surface area contributed by atoms with E-state index >= 15 is 0 Å². The maximum absolute atomic E-state index is 13.0. The average molecular weight is 400 g/mol. The number of benzene rings is 1. The van der Waals surface area contributed by atoms with Gasteiger partial charge in [-0.2, -0.15) is 5.10 Å². The number of methoxy groups -OCH3 is 1. The van der Waals surface area contributed by atoms with Crippen LogP contribution in [0.25, 0.3) is 0 Å². The van der Waals surface area contributed by atoms with Gasteiger partial charge in [-0.3, -0.25) is 9.59 Å². The van der Waals surface area contributed by atoms with Crippen molar-refractivity contribution in [3.8, 4) is 5.75 Å². The van der Waals surface area contributed by atoms with Gasteiger partial charge in [0.05, 0.1) is 13.7 Å².